The van der Waals surface area contributed by atoms with Crippen LogP contribution in [0.1, 0.15) is 0 Å². The molecule has 3 aromatic carbocycles. The topological polar surface area (TPSA) is 112 Å². The molecule has 0 unspecified atom stereocenters. The normalized spacial score (nSPS) is 10.8. The van der Waals surface area contributed by atoms with Gasteiger partial charge in [-0.2, -0.15) is 0 Å². The molecule has 4 rings (SSSR count). The molecule has 0 aliphatic rings. The molecular weight excluding hydrogens is 411 g/mol. The van der Waals surface area contributed by atoms with E-state index in [0.29, 0.717) is 21.2 Å². The summed E-state index contributed by atoms with van der Waals surface area (Å²) in [5.41, 5.74) is 0.0857. The van der Waals surface area contributed by atoms with E-state index in [1.165, 1.54) is 23.9 Å². The Hall–Kier alpha value is -3.92. The number of rotatable bonds is 5. The molecule has 0 radical (unpaired) electrons. The summed E-state index contributed by atoms with van der Waals surface area (Å²) in [4.78, 5) is 30.9. The summed E-state index contributed by atoms with van der Waals surface area (Å²) in [5, 5.41) is 23.1. The van der Waals surface area contributed by atoms with Crippen molar-refractivity contribution in [2.45, 2.75) is 9.92 Å². The molecule has 0 atom stereocenters. The number of halogens is 1. The average molecular weight is 422 g/mol. The maximum Gasteiger partial charge on any atom is 0.303 e. The molecule has 0 aliphatic heterocycles. The van der Waals surface area contributed by atoms with Crippen molar-refractivity contribution in [3.05, 3.63) is 92.8 Å². The molecule has 10 heteroatoms. The van der Waals surface area contributed by atoms with Crippen LogP contribution in [0.4, 0.5) is 15.8 Å². The second-order valence-corrected chi connectivity index (χ2v) is 7.21. The summed E-state index contributed by atoms with van der Waals surface area (Å²) >= 11 is 1.18. The smallest absolute Gasteiger partial charge is 0.258 e. The lowest BCUT2D eigenvalue weighted by Crippen LogP contribution is -2.00. The van der Waals surface area contributed by atoms with E-state index >= 15 is 0 Å². The zero-order valence-electron chi connectivity index (χ0n) is 15.1. The van der Waals surface area contributed by atoms with Gasteiger partial charge < -0.3 is 0 Å². The minimum atomic E-state index is -0.717. The minimum Gasteiger partial charge on any atom is -0.258 e. The molecule has 1 aromatic heterocycles. The molecule has 4 aromatic rings. The molecule has 30 heavy (non-hydrogen) atoms. The summed E-state index contributed by atoms with van der Waals surface area (Å²) in [6.45, 7) is 0. The Kier molecular flexibility index (Phi) is 5.07. The van der Waals surface area contributed by atoms with Crippen LogP contribution in [0.15, 0.2) is 76.7 Å². The fraction of sp³-hybridized carbons (Fsp3) is 0. The molecule has 0 aliphatic carbocycles. The van der Waals surface area contributed by atoms with Crippen LogP contribution < -0.4 is 0 Å². The lowest BCUT2D eigenvalue weighted by molar-refractivity contribution is -0.393. The van der Waals surface area contributed by atoms with Gasteiger partial charge in [-0.3, -0.25) is 20.2 Å². The SMILES string of the molecule is O=[N+]([O-])c1cc([N+](=O)[O-])c2nc(-c3ccccc3)c(Sc3ccc(F)cc3)nc2c1. The third-order valence-electron chi connectivity index (χ3n) is 4.19. The second-order valence-electron chi connectivity index (χ2n) is 6.15. The fourth-order valence-electron chi connectivity index (χ4n) is 2.83. The largest absolute Gasteiger partial charge is 0.303 e. The highest BCUT2D eigenvalue weighted by molar-refractivity contribution is 7.99. The number of hydrogen-bond acceptors (Lipinski definition) is 7. The molecule has 0 saturated heterocycles. The first-order valence-corrected chi connectivity index (χ1v) is 9.37. The molecule has 8 nitrogen and oxygen atoms in total. The third kappa shape index (κ3) is 3.80. The lowest BCUT2D eigenvalue weighted by Gasteiger charge is -2.10. The Morgan fingerprint density at radius 1 is 0.867 bits per heavy atom. The van der Waals surface area contributed by atoms with E-state index in [2.05, 4.69) is 9.97 Å². The molecule has 148 valence electrons. The van der Waals surface area contributed by atoms with E-state index in [-0.39, 0.29) is 11.0 Å². The number of hydrogen-bond donors (Lipinski definition) is 0. The predicted octanol–water partition coefficient (Wildman–Crippen LogP) is 5.40. The van der Waals surface area contributed by atoms with Gasteiger partial charge in [-0.15, -0.1) is 0 Å². The van der Waals surface area contributed by atoms with Crippen LogP contribution in [0.5, 0.6) is 0 Å². The highest BCUT2D eigenvalue weighted by atomic mass is 32.2. The number of nitro benzene ring substituents is 2. The molecule has 0 bridgehead atoms. The number of nitro groups is 2. The van der Waals surface area contributed by atoms with Crippen molar-refractivity contribution in [2.24, 2.45) is 0 Å². The van der Waals surface area contributed by atoms with Crippen LogP contribution in [-0.4, -0.2) is 19.8 Å². The van der Waals surface area contributed by atoms with Gasteiger partial charge in [-0.1, -0.05) is 42.1 Å². The predicted molar refractivity (Wildman–Crippen MR) is 109 cm³/mol. The van der Waals surface area contributed by atoms with Gasteiger partial charge in [0.15, 0.2) is 5.52 Å². The van der Waals surface area contributed by atoms with Crippen LogP contribution in [0, 0.1) is 26.0 Å². The molecule has 0 fully saturated rings. The quantitative estimate of drug-likeness (QED) is 0.312. The standard InChI is InChI=1S/C20H11FN4O4S/c21-13-6-8-15(9-7-13)30-20-18(12-4-2-1-3-5-12)23-19-16(22-20)10-14(24(26)27)11-17(19)25(28)29/h1-11H. The number of aromatic nitrogens is 2. The van der Waals surface area contributed by atoms with Crippen molar-refractivity contribution in [1.82, 2.24) is 9.97 Å². The maximum atomic E-state index is 13.3. The number of benzene rings is 3. The summed E-state index contributed by atoms with van der Waals surface area (Å²) in [6.07, 6.45) is 0. The number of non-ortho nitro benzene ring substituents is 2. The van der Waals surface area contributed by atoms with Gasteiger partial charge in [0.05, 0.1) is 15.9 Å². The fourth-order valence-corrected chi connectivity index (χ4v) is 3.73. The van der Waals surface area contributed by atoms with E-state index in [4.69, 9.17) is 0 Å². The van der Waals surface area contributed by atoms with Crippen LogP contribution >= 0.6 is 11.8 Å². The van der Waals surface area contributed by atoms with Crippen molar-refractivity contribution in [1.29, 1.82) is 0 Å². The van der Waals surface area contributed by atoms with Crippen molar-refractivity contribution in [2.75, 3.05) is 0 Å². The van der Waals surface area contributed by atoms with Crippen LogP contribution in [-0.2, 0) is 0 Å². The van der Waals surface area contributed by atoms with E-state index in [1.807, 2.05) is 6.07 Å². The molecule has 0 N–H and O–H groups in total. The highest BCUT2D eigenvalue weighted by Crippen LogP contribution is 2.37. The summed E-state index contributed by atoms with van der Waals surface area (Å²) in [5.74, 6) is -0.390. The van der Waals surface area contributed by atoms with E-state index in [0.717, 1.165) is 12.1 Å². The third-order valence-corrected chi connectivity index (χ3v) is 5.17. The van der Waals surface area contributed by atoms with Gasteiger partial charge in [0, 0.05) is 16.5 Å². The second kappa shape index (κ2) is 7.84. The molecule has 0 saturated carbocycles. The monoisotopic (exact) mass is 422 g/mol. The Labute approximate surface area is 172 Å². The maximum absolute atomic E-state index is 13.3. The summed E-state index contributed by atoms with van der Waals surface area (Å²) in [7, 11) is 0. The number of fused-ring (bicyclic) bond motifs is 1. The van der Waals surface area contributed by atoms with Crippen LogP contribution in [0.2, 0.25) is 0 Å². The molecular formula is C20H11FN4O4S. The van der Waals surface area contributed by atoms with Gasteiger partial charge >= 0.3 is 5.69 Å². The van der Waals surface area contributed by atoms with Crippen molar-refractivity contribution in [3.63, 3.8) is 0 Å². The first-order valence-electron chi connectivity index (χ1n) is 8.56. The van der Waals surface area contributed by atoms with Crippen molar-refractivity contribution >= 4 is 34.2 Å². The lowest BCUT2D eigenvalue weighted by atomic mass is 10.1. The van der Waals surface area contributed by atoms with Crippen LogP contribution in [0.25, 0.3) is 22.3 Å². The van der Waals surface area contributed by atoms with Gasteiger partial charge in [0.25, 0.3) is 5.69 Å². The Morgan fingerprint density at radius 3 is 2.20 bits per heavy atom. The Morgan fingerprint density at radius 2 is 1.57 bits per heavy atom. The van der Waals surface area contributed by atoms with Gasteiger partial charge in [0.2, 0.25) is 0 Å². The average Bonchev–Trinajstić information content (AvgIpc) is 2.74. The van der Waals surface area contributed by atoms with E-state index in [1.54, 1.807) is 36.4 Å². The first kappa shape index (κ1) is 19.4. The zero-order chi connectivity index (χ0) is 21.3. The summed E-state index contributed by atoms with van der Waals surface area (Å²) < 4.78 is 13.3. The number of nitrogens with zero attached hydrogens (tertiary/aromatic N) is 4. The minimum absolute atomic E-state index is 0.0280. The molecule has 0 amide bonds. The van der Waals surface area contributed by atoms with Crippen LogP contribution in [0.3, 0.4) is 0 Å². The van der Waals surface area contributed by atoms with Crippen molar-refractivity contribution < 1.29 is 14.2 Å². The zero-order valence-corrected chi connectivity index (χ0v) is 15.9. The summed E-state index contributed by atoms with van der Waals surface area (Å²) in [6, 6.07) is 16.7. The van der Waals surface area contributed by atoms with Gasteiger partial charge in [0.1, 0.15) is 22.1 Å². The van der Waals surface area contributed by atoms with Crippen molar-refractivity contribution in [3.8, 4) is 11.3 Å². The van der Waals surface area contributed by atoms with E-state index < -0.39 is 27.0 Å². The highest BCUT2D eigenvalue weighted by Gasteiger charge is 2.24. The van der Waals surface area contributed by atoms with E-state index in [9.17, 15) is 24.6 Å². The Bertz CT molecular complexity index is 1280. The molecule has 1 heterocycles. The Balaban J connectivity index is 1.98. The van der Waals surface area contributed by atoms with Gasteiger partial charge in [-0.05, 0) is 24.3 Å². The van der Waals surface area contributed by atoms with Gasteiger partial charge in [-0.25, -0.2) is 14.4 Å². The molecule has 0 spiro atoms. The first-order chi connectivity index (χ1) is 14.4.